The second-order valence-electron chi connectivity index (χ2n) is 12.1. The summed E-state index contributed by atoms with van der Waals surface area (Å²) in [4.78, 5) is 0. The molecule has 5 N–H and O–H groups in total. The topological polar surface area (TPSA) is 134 Å². The van der Waals surface area contributed by atoms with Gasteiger partial charge in [0.1, 0.15) is 23.7 Å². The summed E-state index contributed by atoms with van der Waals surface area (Å²) < 4.78 is 111. The molecule has 0 heterocycles. The van der Waals surface area contributed by atoms with E-state index in [1.807, 2.05) is 0 Å². The fourth-order valence-corrected chi connectivity index (χ4v) is 5.89. The zero-order chi connectivity index (χ0) is 42.1. The van der Waals surface area contributed by atoms with Crippen molar-refractivity contribution in [2.24, 2.45) is 0 Å². The molecule has 0 spiro atoms. The zero-order valence-electron chi connectivity index (χ0n) is 31.7. The van der Waals surface area contributed by atoms with Gasteiger partial charge in [0.25, 0.3) is 0 Å². The van der Waals surface area contributed by atoms with E-state index in [1.165, 1.54) is 54.8 Å². The van der Waals surface area contributed by atoms with Gasteiger partial charge in [-0.1, -0.05) is 24.3 Å². The Hall–Kier alpha value is -6.00. The van der Waals surface area contributed by atoms with Crippen molar-refractivity contribution in [1.29, 1.82) is 0 Å². The molecular weight excluding hydrogens is 762 g/mol. The van der Waals surface area contributed by atoms with E-state index in [9.17, 15) is 36.6 Å². The molecule has 10 nitrogen and oxygen atoms in total. The number of anilines is 2. The maximum absolute atomic E-state index is 13.5. The number of nitrogens with one attached hydrogen (secondary N) is 1. The number of para-hydroxylation sites is 2. The molecule has 0 saturated heterocycles. The highest BCUT2D eigenvalue weighted by Gasteiger charge is 2.34. The first-order chi connectivity index (χ1) is 27.0. The van der Waals surface area contributed by atoms with E-state index < -0.39 is 35.7 Å². The lowest BCUT2D eigenvalue weighted by molar-refractivity contribution is -0.138. The minimum absolute atomic E-state index is 0.0360. The number of hydrogen-bond acceptors (Lipinski definition) is 10. The van der Waals surface area contributed by atoms with Gasteiger partial charge in [-0.2, -0.15) is 26.3 Å². The van der Waals surface area contributed by atoms with Crippen molar-refractivity contribution in [1.82, 2.24) is 0 Å². The van der Waals surface area contributed by atoms with Gasteiger partial charge in [0.05, 0.1) is 53.8 Å². The van der Waals surface area contributed by atoms with Crippen LogP contribution in [0.15, 0.2) is 91.0 Å². The fraction of sp³-hybridized carbons (Fsp3) is 0.268. The van der Waals surface area contributed by atoms with E-state index >= 15 is 0 Å². The first kappa shape index (κ1) is 43.7. The van der Waals surface area contributed by atoms with Crippen LogP contribution in [0.25, 0.3) is 0 Å². The van der Waals surface area contributed by atoms with E-state index in [2.05, 4.69) is 5.32 Å². The summed E-state index contributed by atoms with van der Waals surface area (Å²) in [6.07, 6.45) is -11.9. The lowest BCUT2D eigenvalue weighted by Crippen LogP contribution is -2.12. The molecule has 306 valence electrons. The van der Waals surface area contributed by atoms with Crippen molar-refractivity contribution in [2.45, 2.75) is 31.1 Å². The van der Waals surface area contributed by atoms with Crippen LogP contribution in [0.5, 0.6) is 34.5 Å². The molecule has 0 bridgehead atoms. The number of ether oxygens (including phenoxy) is 6. The van der Waals surface area contributed by atoms with Crippen molar-refractivity contribution in [3.05, 3.63) is 130 Å². The number of aliphatic hydroxyl groups is 2. The Balaban J connectivity index is 0.000000273. The summed E-state index contributed by atoms with van der Waals surface area (Å²) in [5.74, 6) is 2.33. The van der Waals surface area contributed by atoms with Crippen molar-refractivity contribution >= 4 is 11.4 Å². The van der Waals surface area contributed by atoms with Crippen molar-refractivity contribution in [3.63, 3.8) is 0 Å². The number of alkyl halides is 6. The van der Waals surface area contributed by atoms with Crippen molar-refractivity contribution in [2.75, 3.05) is 53.7 Å². The average Bonchev–Trinajstić information content (AvgIpc) is 3.21. The molecular formula is C41H42F6N2O8. The third kappa shape index (κ3) is 10.3. The number of rotatable bonds is 13. The molecule has 0 aliphatic rings. The zero-order valence-corrected chi connectivity index (χ0v) is 31.7. The van der Waals surface area contributed by atoms with Crippen LogP contribution in [0, 0.1) is 0 Å². The maximum atomic E-state index is 13.5. The Morgan fingerprint density at radius 1 is 0.544 bits per heavy atom. The standard InChI is InChI=1S/C25H26F3NO5.C16H16F3NO3/c1-31-17-10-8-15(22(13-17)33-3)14-29-20-11-9-16(25(26,27)28)12-19(20)23(30)18-6-5-7-21(32-2)24(18)34-4;1-22-13-5-3-4-10(15(13)23-2)14(21)11-8-9(16(17,18)19)6-7-12(11)20/h5-13,23,29-30H,14H2,1-4H3;3-8,14,21H,20H2,1-2H3. The highest BCUT2D eigenvalue weighted by Crippen LogP contribution is 2.43. The number of nitrogens with two attached hydrogens (primary N) is 1. The Bertz CT molecular complexity index is 2130. The second kappa shape index (κ2) is 18.8. The first-order valence-corrected chi connectivity index (χ1v) is 16.9. The van der Waals surface area contributed by atoms with E-state index in [4.69, 9.17) is 34.2 Å². The van der Waals surface area contributed by atoms with Gasteiger partial charge < -0.3 is 49.7 Å². The number of benzene rings is 5. The molecule has 5 rings (SSSR count). The minimum Gasteiger partial charge on any atom is -0.497 e. The molecule has 0 aliphatic carbocycles. The third-order valence-electron chi connectivity index (χ3n) is 8.80. The molecule has 0 saturated carbocycles. The van der Waals surface area contributed by atoms with E-state index in [-0.39, 0.29) is 46.0 Å². The quantitative estimate of drug-likeness (QED) is 0.0676. The molecule has 0 radical (unpaired) electrons. The molecule has 0 aromatic heterocycles. The van der Waals surface area contributed by atoms with Gasteiger partial charge in [-0.05, 0) is 60.7 Å². The van der Waals surface area contributed by atoms with Crippen LogP contribution in [0.3, 0.4) is 0 Å². The SMILES string of the molecule is COc1ccc(CNc2ccc(C(F)(F)F)cc2C(O)c2cccc(OC)c2OC)c(OC)c1.COc1cccc(C(O)c2cc(C(F)(F)F)ccc2N)c1OC. The normalized spacial score (nSPS) is 12.4. The second-order valence-corrected chi connectivity index (χ2v) is 12.1. The summed E-state index contributed by atoms with van der Waals surface area (Å²) in [6.45, 7) is 0.230. The molecule has 5 aromatic rings. The van der Waals surface area contributed by atoms with Crippen molar-refractivity contribution in [3.8, 4) is 34.5 Å². The number of halogens is 6. The highest BCUT2D eigenvalue weighted by atomic mass is 19.4. The Morgan fingerprint density at radius 3 is 1.51 bits per heavy atom. The Kier molecular flexibility index (Phi) is 14.4. The predicted octanol–water partition coefficient (Wildman–Crippen LogP) is 8.82. The molecule has 2 unspecified atom stereocenters. The van der Waals surface area contributed by atoms with Crippen LogP contribution in [-0.2, 0) is 18.9 Å². The van der Waals surface area contributed by atoms with Crippen LogP contribution in [0.1, 0.15) is 51.2 Å². The summed E-state index contributed by atoms with van der Waals surface area (Å²) in [6, 6.07) is 20.8. The number of nitrogen functional groups attached to an aromatic ring is 1. The Morgan fingerprint density at radius 2 is 1.04 bits per heavy atom. The largest absolute Gasteiger partial charge is 0.497 e. The van der Waals surface area contributed by atoms with E-state index in [0.29, 0.717) is 28.7 Å². The smallest absolute Gasteiger partial charge is 0.416 e. The van der Waals surface area contributed by atoms with E-state index in [1.54, 1.807) is 48.5 Å². The number of methoxy groups -OCH3 is 6. The summed E-state index contributed by atoms with van der Waals surface area (Å²) in [5.41, 5.74) is 5.61. The van der Waals surface area contributed by atoms with Gasteiger partial charge in [-0.3, -0.25) is 0 Å². The van der Waals surface area contributed by atoms with Crippen LogP contribution in [0.4, 0.5) is 37.7 Å². The van der Waals surface area contributed by atoms with Gasteiger partial charge in [0, 0.05) is 51.8 Å². The molecule has 57 heavy (non-hydrogen) atoms. The number of aliphatic hydroxyl groups excluding tert-OH is 2. The highest BCUT2D eigenvalue weighted by molar-refractivity contribution is 5.60. The molecule has 0 fully saturated rings. The Labute approximate surface area is 325 Å². The minimum atomic E-state index is -4.58. The predicted molar refractivity (Wildman–Crippen MR) is 201 cm³/mol. The van der Waals surface area contributed by atoms with Gasteiger partial charge in [0.2, 0.25) is 0 Å². The average molecular weight is 805 g/mol. The van der Waals surface area contributed by atoms with Crippen LogP contribution < -0.4 is 39.5 Å². The first-order valence-electron chi connectivity index (χ1n) is 16.9. The van der Waals surface area contributed by atoms with Gasteiger partial charge >= 0.3 is 12.4 Å². The number of hydrogen-bond donors (Lipinski definition) is 4. The lowest BCUT2D eigenvalue weighted by atomic mass is 9.96. The lowest BCUT2D eigenvalue weighted by Gasteiger charge is -2.22. The fourth-order valence-electron chi connectivity index (χ4n) is 5.89. The van der Waals surface area contributed by atoms with Crippen molar-refractivity contribution < 1.29 is 65.0 Å². The third-order valence-corrected chi connectivity index (χ3v) is 8.80. The molecule has 2 atom stereocenters. The van der Waals surface area contributed by atoms with Gasteiger partial charge in [0.15, 0.2) is 23.0 Å². The summed E-state index contributed by atoms with van der Waals surface area (Å²) in [7, 11) is 8.69. The summed E-state index contributed by atoms with van der Waals surface area (Å²) >= 11 is 0. The molecule has 0 aliphatic heterocycles. The van der Waals surface area contributed by atoms with Gasteiger partial charge in [-0.15, -0.1) is 0 Å². The van der Waals surface area contributed by atoms with Crippen LogP contribution in [-0.4, -0.2) is 52.9 Å². The monoisotopic (exact) mass is 804 g/mol. The summed E-state index contributed by atoms with van der Waals surface area (Å²) in [5, 5.41) is 24.8. The maximum Gasteiger partial charge on any atom is 0.416 e. The van der Waals surface area contributed by atoms with Gasteiger partial charge in [-0.25, -0.2) is 0 Å². The molecule has 5 aromatic carbocycles. The van der Waals surface area contributed by atoms with E-state index in [0.717, 1.165) is 35.9 Å². The van der Waals surface area contributed by atoms with Crippen LogP contribution >= 0.6 is 0 Å². The van der Waals surface area contributed by atoms with Crippen LogP contribution in [0.2, 0.25) is 0 Å². The molecule has 0 amide bonds. The molecule has 16 heteroatoms.